The third kappa shape index (κ3) is 4.71. The Balaban J connectivity index is 2.64. The van der Waals surface area contributed by atoms with Crippen LogP contribution in [0, 0.1) is 6.92 Å². The fourth-order valence-electron chi connectivity index (χ4n) is 1.69. The van der Waals surface area contributed by atoms with Gasteiger partial charge in [-0.15, -0.1) is 0 Å². The molecule has 5 heteroatoms. The Morgan fingerprint density at radius 1 is 1.32 bits per heavy atom. The smallest absolute Gasteiger partial charge is 0.337 e. The Labute approximate surface area is 113 Å². The summed E-state index contributed by atoms with van der Waals surface area (Å²) in [6, 6.07) is 5.04. The Morgan fingerprint density at radius 3 is 2.63 bits per heavy atom. The number of ether oxygens (including phenoxy) is 1. The Morgan fingerprint density at radius 2 is 2.05 bits per heavy atom. The molecule has 5 nitrogen and oxygen atoms in total. The predicted octanol–water partition coefficient (Wildman–Crippen LogP) is 1.85. The number of amides is 1. The molecule has 104 valence electrons. The maximum Gasteiger partial charge on any atom is 0.337 e. The summed E-state index contributed by atoms with van der Waals surface area (Å²) in [5, 5.41) is 2.82. The molecule has 0 aliphatic heterocycles. The molecule has 1 rings (SSSR count). The van der Waals surface area contributed by atoms with E-state index in [9.17, 15) is 9.59 Å². The second kappa shape index (κ2) is 7.53. The van der Waals surface area contributed by atoms with Crippen LogP contribution in [0.5, 0.6) is 0 Å². The maximum atomic E-state index is 11.7. The van der Waals surface area contributed by atoms with Gasteiger partial charge in [0.1, 0.15) is 0 Å². The van der Waals surface area contributed by atoms with Crippen LogP contribution in [0.4, 0.5) is 5.69 Å². The summed E-state index contributed by atoms with van der Waals surface area (Å²) in [4.78, 5) is 23.0. The SMILES string of the molecule is COC(=O)c1ccc(NC(=O)CCCCN)c(C)c1. The quantitative estimate of drug-likeness (QED) is 0.607. The second-order valence-corrected chi connectivity index (χ2v) is 4.32. The molecular weight excluding hydrogens is 244 g/mol. The van der Waals surface area contributed by atoms with Gasteiger partial charge in [-0.05, 0) is 50.1 Å². The van der Waals surface area contributed by atoms with E-state index in [0.717, 1.165) is 18.4 Å². The van der Waals surface area contributed by atoms with Gasteiger partial charge in [0.05, 0.1) is 12.7 Å². The van der Waals surface area contributed by atoms with Crippen LogP contribution in [0.25, 0.3) is 0 Å². The molecule has 0 saturated carbocycles. The standard InChI is InChI=1S/C14H20N2O3/c1-10-9-11(14(18)19-2)6-7-12(10)16-13(17)5-3-4-8-15/h6-7,9H,3-5,8,15H2,1-2H3,(H,16,17). The number of rotatable bonds is 6. The summed E-state index contributed by atoms with van der Waals surface area (Å²) in [7, 11) is 1.34. The molecular formula is C14H20N2O3. The van der Waals surface area contributed by atoms with E-state index in [1.54, 1.807) is 18.2 Å². The fourth-order valence-corrected chi connectivity index (χ4v) is 1.69. The molecule has 0 aliphatic carbocycles. The lowest BCUT2D eigenvalue weighted by Gasteiger charge is -2.09. The van der Waals surface area contributed by atoms with E-state index < -0.39 is 0 Å². The summed E-state index contributed by atoms with van der Waals surface area (Å²) in [6.07, 6.45) is 2.07. The lowest BCUT2D eigenvalue weighted by atomic mass is 10.1. The number of carbonyl (C=O) groups excluding carboxylic acids is 2. The second-order valence-electron chi connectivity index (χ2n) is 4.32. The van der Waals surface area contributed by atoms with Crippen LogP contribution in [-0.4, -0.2) is 25.5 Å². The van der Waals surface area contributed by atoms with E-state index in [-0.39, 0.29) is 11.9 Å². The maximum absolute atomic E-state index is 11.7. The van der Waals surface area contributed by atoms with Crippen molar-refractivity contribution in [2.24, 2.45) is 5.73 Å². The number of benzene rings is 1. The van der Waals surface area contributed by atoms with E-state index in [4.69, 9.17) is 5.73 Å². The highest BCUT2D eigenvalue weighted by Crippen LogP contribution is 2.17. The number of unbranched alkanes of at least 4 members (excludes halogenated alkanes) is 1. The molecule has 0 bridgehead atoms. The van der Waals surface area contributed by atoms with Gasteiger partial charge in [0.25, 0.3) is 0 Å². The third-order valence-electron chi connectivity index (χ3n) is 2.78. The van der Waals surface area contributed by atoms with E-state index in [0.29, 0.717) is 24.2 Å². The first-order valence-corrected chi connectivity index (χ1v) is 6.27. The first-order valence-electron chi connectivity index (χ1n) is 6.27. The van der Waals surface area contributed by atoms with Crippen LogP contribution in [-0.2, 0) is 9.53 Å². The zero-order chi connectivity index (χ0) is 14.3. The number of anilines is 1. The first-order chi connectivity index (χ1) is 9.08. The van der Waals surface area contributed by atoms with Crippen molar-refractivity contribution in [3.8, 4) is 0 Å². The first kappa shape index (κ1) is 15.2. The molecule has 0 aliphatic rings. The molecule has 0 atom stereocenters. The topological polar surface area (TPSA) is 81.4 Å². The van der Waals surface area contributed by atoms with Crippen molar-refractivity contribution in [2.75, 3.05) is 19.0 Å². The van der Waals surface area contributed by atoms with Crippen molar-refractivity contribution in [1.82, 2.24) is 0 Å². The van der Waals surface area contributed by atoms with Gasteiger partial charge in [-0.25, -0.2) is 4.79 Å². The van der Waals surface area contributed by atoms with Gasteiger partial charge in [-0.3, -0.25) is 4.79 Å². The summed E-state index contributed by atoms with van der Waals surface area (Å²) in [5.41, 5.74) is 7.39. The van der Waals surface area contributed by atoms with Crippen LogP contribution in [0.3, 0.4) is 0 Å². The lowest BCUT2D eigenvalue weighted by Crippen LogP contribution is -2.13. The molecule has 0 saturated heterocycles. The summed E-state index contributed by atoms with van der Waals surface area (Å²) >= 11 is 0. The molecule has 0 aromatic heterocycles. The van der Waals surface area contributed by atoms with Gasteiger partial charge in [0.2, 0.25) is 5.91 Å². The molecule has 1 aromatic carbocycles. The average Bonchev–Trinajstić information content (AvgIpc) is 2.40. The number of nitrogens with one attached hydrogen (secondary N) is 1. The summed E-state index contributed by atoms with van der Waals surface area (Å²) < 4.78 is 4.64. The normalized spacial score (nSPS) is 10.1. The molecule has 0 heterocycles. The number of hydrogen-bond donors (Lipinski definition) is 2. The number of nitrogens with two attached hydrogens (primary N) is 1. The summed E-state index contributed by atoms with van der Waals surface area (Å²) in [6.45, 7) is 2.43. The number of hydrogen-bond acceptors (Lipinski definition) is 4. The molecule has 0 fully saturated rings. The van der Waals surface area contributed by atoms with Gasteiger partial charge < -0.3 is 15.8 Å². The van der Waals surface area contributed by atoms with Crippen molar-refractivity contribution in [2.45, 2.75) is 26.2 Å². The van der Waals surface area contributed by atoms with Crippen LogP contribution in [0.15, 0.2) is 18.2 Å². The lowest BCUT2D eigenvalue weighted by molar-refractivity contribution is -0.116. The Hall–Kier alpha value is -1.88. The zero-order valence-corrected chi connectivity index (χ0v) is 11.4. The van der Waals surface area contributed by atoms with Crippen LogP contribution < -0.4 is 11.1 Å². The molecule has 0 radical (unpaired) electrons. The van der Waals surface area contributed by atoms with Crippen molar-refractivity contribution in [1.29, 1.82) is 0 Å². The highest BCUT2D eigenvalue weighted by atomic mass is 16.5. The molecule has 1 amide bonds. The van der Waals surface area contributed by atoms with Crippen molar-refractivity contribution >= 4 is 17.6 Å². The van der Waals surface area contributed by atoms with Crippen molar-refractivity contribution in [3.63, 3.8) is 0 Å². The van der Waals surface area contributed by atoms with E-state index >= 15 is 0 Å². The van der Waals surface area contributed by atoms with Gasteiger partial charge in [0.15, 0.2) is 0 Å². The monoisotopic (exact) mass is 264 g/mol. The zero-order valence-electron chi connectivity index (χ0n) is 11.4. The minimum atomic E-state index is -0.385. The molecule has 0 unspecified atom stereocenters. The Bertz CT molecular complexity index is 458. The number of esters is 1. The van der Waals surface area contributed by atoms with E-state index in [1.807, 2.05) is 6.92 Å². The van der Waals surface area contributed by atoms with Crippen molar-refractivity contribution < 1.29 is 14.3 Å². The largest absolute Gasteiger partial charge is 0.465 e. The number of carbonyl (C=O) groups is 2. The van der Waals surface area contributed by atoms with Gasteiger partial charge in [0, 0.05) is 12.1 Å². The van der Waals surface area contributed by atoms with Crippen LogP contribution >= 0.6 is 0 Å². The molecule has 0 spiro atoms. The minimum absolute atomic E-state index is 0.0395. The molecule has 3 N–H and O–H groups in total. The fraction of sp³-hybridized carbons (Fsp3) is 0.429. The van der Waals surface area contributed by atoms with Crippen LogP contribution in [0.1, 0.15) is 35.2 Å². The highest BCUT2D eigenvalue weighted by molar-refractivity contribution is 5.94. The van der Waals surface area contributed by atoms with Crippen molar-refractivity contribution in [3.05, 3.63) is 29.3 Å². The van der Waals surface area contributed by atoms with Gasteiger partial charge in [-0.2, -0.15) is 0 Å². The van der Waals surface area contributed by atoms with E-state index in [2.05, 4.69) is 10.1 Å². The van der Waals surface area contributed by atoms with Gasteiger partial charge >= 0.3 is 5.97 Å². The number of aryl methyl sites for hydroxylation is 1. The van der Waals surface area contributed by atoms with E-state index in [1.165, 1.54) is 7.11 Å². The van der Waals surface area contributed by atoms with Gasteiger partial charge in [-0.1, -0.05) is 0 Å². The van der Waals surface area contributed by atoms with Crippen LogP contribution in [0.2, 0.25) is 0 Å². The Kier molecular flexibility index (Phi) is 6.02. The predicted molar refractivity (Wildman–Crippen MR) is 74.1 cm³/mol. The third-order valence-corrected chi connectivity index (χ3v) is 2.78. The highest BCUT2D eigenvalue weighted by Gasteiger charge is 2.09. The number of methoxy groups -OCH3 is 1. The summed E-state index contributed by atoms with van der Waals surface area (Å²) in [5.74, 6) is -0.425. The minimum Gasteiger partial charge on any atom is -0.465 e. The molecule has 1 aromatic rings. The molecule has 19 heavy (non-hydrogen) atoms. The average molecular weight is 264 g/mol.